The van der Waals surface area contributed by atoms with E-state index < -0.39 is 11.8 Å². The van der Waals surface area contributed by atoms with Crippen molar-refractivity contribution in [2.75, 3.05) is 7.11 Å². The fourth-order valence-corrected chi connectivity index (χ4v) is 2.92. The molecule has 4 rings (SSSR count). The minimum Gasteiger partial charge on any atom is -0.486 e. The highest BCUT2D eigenvalue weighted by Crippen LogP contribution is 2.29. The Hall–Kier alpha value is -3.67. The first-order chi connectivity index (χ1) is 13.6. The Labute approximate surface area is 160 Å². The number of carbonyl (C=O) groups is 1. The van der Waals surface area contributed by atoms with Crippen LogP contribution in [0.1, 0.15) is 15.9 Å². The van der Waals surface area contributed by atoms with Gasteiger partial charge in [-0.3, -0.25) is 0 Å². The Bertz CT molecular complexity index is 1120. The molecule has 3 aromatic carbocycles. The summed E-state index contributed by atoms with van der Waals surface area (Å²) >= 11 is 0. The van der Waals surface area contributed by atoms with Crippen molar-refractivity contribution >= 4 is 17.0 Å². The molecule has 0 bridgehead atoms. The Morgan fingerprint density at radius 2 is 1.82 bits per heavy atom. The summed E-state index contributed by atoms with van der Waals surface area (Å²) in [6, 6.07) is 19.2. The van der Waals surface area contributed by atoms with Gasteiger partial charge in [0.25, 0.3) is 0 Å². The van der Waals surface area contributed by atoms with Crippen LogP contribution in [0.5, 0.6) is 5.75 Å². The molecule has 1 aromatic heterocycles. The van der Waals surface area contributed by atoms with Crippen LogP contribution in [-0.2, 0) is 11.3 Å². The molecule has 4 aromatic rings. The molecule has 0 radical (unpaired) electrons. The lowest BCUT2D eigenvalue weighted by Gasteiger charge is -2.07. The van der Waals surface area contributed by atoms with E-state index in [1.807, 2.05) is 30.3 Å². The van der Waals surface area contributed by atoms with Gasteiger partial charge in [0.05, 0.1) is 18.2 Å². The van der Waals surface area contributed by atoms with Gasteiger partial charge in [0.2, 0.25) is 0 Å². The van der Waals surface area contributed by atoms with Gasteiger partial charge in [0.1, 0.15) is 23.8 Å². The first-order valence-electron chi connectivity index (χ1n) is 8.69. The standard InChI is InChI=1S/C22H17FN2O3/c1-27-22(26)16-9-7-15(8-10-16)21-24-18-11-17(23)12-19(20(18)25-21)28-13-14-5-3-2-4-6-14/h2-12H,13H2,1H3,(H,24,25). The normalized spacial score (nSPS) is 10.8. The van der Waals surface area contributed by atoms with Crippen molar-refractivity contribution in [1.29, 1.82) is 0 Å². The smallest absolute Gasteiger partial charge is 0.337 e. The number of nitrogens with zero attached hydrogens (tertiary/aromatic N) is 1. The number of carbonyl (C=O) groups excluding carboxylic acids is 1. The maximum absolute atomic E-state index is 14.0. The largest absolute Gasteiger partial charge is 0.486 e. The Kier molecular flexibility index (Phi) is 4.76. The molecule has 0 unspecified atom stereocenters. The molecule has 0 atom stereocenters. The number of aromatic amines is 1. The number of fused-ring (bicyclic) bond motifs is 1. The summed E-state index contributed by atoms with van der Waals surface area (Å²) in [5.74, 6) is 0.107. The number of methoxy groups -OCH3 is 1. The molecule has 0 spiro atoms. The second kappa shape index (κ2) is 7.52. The van der Waals surface area contributed by atoms with E-state index >= 15 is 0 Å². The molecule has 0 aliphatic rings. The van der Waals surface area contributed by atoms with Crippen LogP contribution < -0.4 is 4.74 Å². The van der Waals surface area contributed by atoms with Gasteiger partial charge in [-0.2, -0.15) is 0 Å². The summed E-state index contributed by atoms with van der Waals surface area (Å²) in [5, 5.41) is 0. The number of ether oxygens (including phenoxy) is 2. The highest BCUT2D eigenvalue weighted by molar-refractivity contribution is 5.90. The highest BCUT2D eigenvalue weighted by atomic mass is 19.1. The predicted octanol–water partition coefficient (Wildman–Crippen LogP) is 4.73. The molecule has 6 heteroatoms. The van der Waals surface area contributed by atoms with E-state index in [0.29, 0.717) is 34.8 Å². The summed E-state index contributed by atoms with van der Waals surface area (Å²) in [6.45, 7) is 0.315. The van der Waals surface area contributed by atoms with Crippen LogP contribution >= 0.6 is 0 Å². The lowest BCUT2D eigenvalue weighted by molar-refractivity contribution is 0.0600. The third-order valence-corrected chi connectivity index (χ3v) is 4.33. The molecule has 0 saturated carbocycles. The quantitative estimate of drug-likeness (QED) is 0.511. The van der Waals surface area contributed by atoms with Crippen LogP contribution in [0.2, 0.25) is 0 Å². The zero-order valence-corrected chi connectivity index (χ0v) is 15.1. The third-order valence-electron chi connectivity index (χ3n) is 4.33. The fourth-order valence-electron chi connectivity index (χ4n) is 2.92. The van der Waals surface area contributed by atoms with Gasteiger partial charge in [-0.15, -0.1) is 0 Å². The van der Waals surface area contributed by atoms with Crippen molar-refractivity contribution in [2.45, 2.75) is 6.61 Å². The molecule has 0 aliphatic heterocycles. The monoisotopic (exact) mass is 376 g/mol. The van der Waals surface area contributed by atoms with E-state index in [1.54, 1.807) is 24.3 Å². The fraction of sp³-hybridized carbons (Fsp3) is 0.0909. The van der Waals surface area contributed by atoms with Gasteiger partial charge in [0, 0.05) is 11.6 Å². The van der Waals surface area contributed by atoms with Crippen LogP contribution in [0, 0.1) is 5.82 Å². The molecule has 5 nitrogen and oxygen atoms in total. The Morgan fingerprint density at radius 1 is 1.07 bits per heavy atom. The van der Waals surface area contributed by atoms with Crippen molar-refractivity contribution in [1.82, 2.24) is 9.97 Å². The number of imidazole rings is 1. The molecular formula is C22H17FN2O3. The molecule has 1 N–H and O–H groups in total. The van der Waals surface area contributed by atoms with Crippen LogP contribution in [0.4, 0.5) is 4.39 Å². The summed E-state index contributed by atoms with van der Waals surface area (Å²) < 4.78 is 24.6. The maximum Gasteiger partial charge on any atom is 0.337 e. The Balaban J connectivity index is 1.65. The van der Waals surface area contributed by atoms with Crippen molar-refractivity contribution in [3.05, 3.63) is 83.7 Å². The second-order valence-corrected chi connectivity index (χ2v) is 6.23. The first kappa shape index (κ1) is 17.7. The summed E-state index contributed by atoms with van der Waals surface area (Å²) in [4.78, 5) is 19.2. The van der Waals surface area contributed by atoms with Crippen LogP contribution in [0.15, 0.2) is 66.7 Å². The first-order valence-corrected chi connectivity index (χ1v) is 8.69. The van der Waals surface area contributed by atoms with Gasteiger partial charge in [-0.05, 0) is 23.8 Å². The zero-order chi connectivity index (χ0) is 19.5. The van der Waals surface area contributed by atoms with Gasteiger partial charge < -0.3 is 14.5 Å². The van der Waals surface area contributed by atoms with E-state index in [9.17, 15) is 9.18 Å². The third kappa shape index (κ3) is 3.57. The molecule has 0 amide bonds. The molecular weight excluding hydrogens is 359 g/mol. The molecule has 0 fully saturated rings. The molecule has 0 saturated heterocycles. The van der Waals surface area contributed by atoms with Crippen molar-refractivity contribution in [3.63, 3.8) is 0 Å². The second-order valence-electron chi connectivity index (χ2n) is 6.23. The van der Waals surface area contributed by atoms with E-state index in [4.69, 9.17) is 9.47 Å². The van der Waals surface area contributed by atoms with Gasteiger partial charge in [-0.25, -0.2) is 14.2 Å². The number of nitrogens with one attached hydrogen (secondary N) is 1. The lowest BCUT2D eigenvalue weighted by atomic mass is 10.1. The number of hydrogen-bond acceptors (Lipinski definition) is 4. The zero-order valence-electron chi connectivity index (χ0n) is 15.1. The molecule has 1 heterocycles. The number of rotatable bonds is 5. The van der Waals surface area contributed by atoms with Crippen molar-refractivity contribution in [3.8, 4) is 17.1 Å². The van der Waals surface area contributed by atoms with E-state index in [2.05, 4.69) is 9.97 Å². The van der Waals surface area contributed by atoms with E-state index in [0.717, 1.165) is 11.1 Å². The lowest BCUT2D eigenvalue weighted by Crippen LogP contribution is -2.00. The number of esters is 1. The van der Waals surface area contributed by atoms with Gasteiger partial charge in [-0.1, -0.05) is 42.5 Å². The summed E-state index contributed by atoms with van der Waals surface area (Å²) in [5.41, 5.74) is 3.27. The Morgan fingerprint density at radius 3 is 2.54 bits per heavy atom. The maximum atomic E-state index is 14.0. The van der Waals surface area contributed by atoms with Crippen LogP contribution in [-0.4, -0.2) is 23.0 Å². The molecule has 0 aliphatic carbocycles. The minimum atomic E-state index is -0.410. The van der Waals surface area contributed by atoms with Crippen LogP contribution in [0.25, 0.3) is 22.4 Å². The van der Waals surface area contributed by atoms with E-state index in [1.165, 1.54) is 19.2 Å². The minimum absolute atomic E-state index is 0.315. The topological polar surface area (TPSA) is 64.2 Å². The number of benzene rings is 3. The summed E-state index contributed by atoms with van der Waals surface area (Å²) in [7, 11) is 1.33. The SMILES string of the molecule is COC(=O)c1ccc(-c2nc3c(OCc4ccccc4)cc(F)cc3[nH]2)cc1. The average Bonchev–Trinajstić information content (AvgIpc) is 3.16. The number of hydrogen-bond donors (Lipinski definition) is 1. The van der Waals surface area contributed by atoms with E-state index in [-0.39, 0.29) is 0 Å². The summed E-state index contributed by atoms with van der Waals surface area (Å²) in [6.07, 6.45) is 0. The van der Waals surface area contributed by atoms with Crippen molar-refractivity contribution < 1.29 is 18.7 Å². The number of halogens is 1. The number of H-pyrrole nitrogens is 1. The predicted molar refractivity (Wildman–Crippen MR) is 104 cm³/mol. The highest BCUT2D eigenvalue weighted by Gasteiger charge is 2.13. The molecule has 28 heavy (non-hydrogen) atoms. The average molecular weight is 376 g/mol. The number of aromatic nitrogens is 2. The van der Waals surface area contributed by atoms with Gasteiger partial charge >= 0.3 is 5.97 Å². The van der Waals surface area contributed by atoms with Crippen LogP contribution in [0.3, 0.4) is 0 Å². The molecule has 140 valence electrons. The van der Waals surface area contributed by atoms with Gasteiger partial charge in [0.15, 0.2) is 5.75 Å². The van der Waals surface area contributed by atoms with Crippen molar-refractivity contribution in [2.24, 2.45) is 0 Å².